The van der Waals surface area contributed by atoms with Gasteiger partial charge in [-0.3, -0.25) is 4.79 Å². The van der Waals surface area contributed by atoms with Crippen molar-refractivity contribution >= 4 is 22.0 Å². The molecule has 122 valence electrons. The highest BCUT2D eigenvalue weighted by atomic mass is 32.2. The minimum Gasteiger partial charge on any atom is -0.480 e. The number of carboxylic acids is 1. The van der Waals surface area contributed by atoms with Crippen LogP contribution < -0.4 is 0 Å². The molecular formula is C12H21NO7S. The van der Waals surface area contributed by atoms with E-state index >= 15 is 0 Å². The molecule has 0 radical (unpaired) electrons. The zero-order valence-electron chi connectivity index (χ0n) is 12.0. The number of ether oxygens (including phenoxy) is 2. The van der Waals surface area contributed by atoms with Crippen LogP contribution in [0.15, 0.2) is 0 Å². The fraction of sp³-hybridized carbons (Fsp3) is 0.833. The molecule has 1 aliphatic rings. The molecule has 0 amide bonds. The normalized spacial score (nSPS) is 17.6. The summed E-state index contributed by atoms with van der Waals surface area (Å²) >= 11 is 0. The van der Waals surface area contributed by atoms with Gasteiger partial charge >= 0.3 is 11.9 Å². The Morgan fingerprint density at radius 1 is 1.29 bits per heavy atom. The van der Waals surface area contributed by atoms with Crippen LogP contribution in [0, 0.1) is 0 Å². The minimum atomic E-state index is -3.39. The van der Waals surface area contributed by atoms with Crippen LogP contribution in [0.2, 0.25) is 0 Å². The Morgan fingerprint density at radius 2 is 1.90 bits per heavy atom. The number of carboxylic acid groups (broad SMARTS) is 1. The maximum absolute atomic E-state index is 12.1. The number of hydrogen-bond acceptors (Lipinski definition) is 6. The van der Waals surface area contributed by atoms with Crippen molar-refractivity contribution in [1.82, 2.24) is 4.31 Å². The van der Waals surface area contributed by atoms with Gasteiger partial charge in [-0.2, -0.15) is 0 Å². The second kappa shape index (κ2) is 8.30. The summed E-state index contributed by atoms with van der Waals surface area (Å²) in [4.78, 5) is 21.3. The number of esters is 1. The molecule has 0 aromatic rings. The van der Waals surface area contributed by atoms with Crippen LogP contribution in [0.5, 0.6) is 0 Å². The molecule has 0 spiro atoms. The third-order valence-corrected chi connectivity index (χ3v) is 5.20. The third kappa shape index (κ3) is 6.40. The molecule has 0 bridgehead atoms. The van der Waals surface area contributed by atoms with Crippen LogP contribution in [-0.4, -0.2) is 68.4 Å². The number of hydrogen-bond donors (Lipinski definition) is 1. The Bertz CT molecular complexity index is 454. The Labute approximate surface area is 124 Å². The van der Waals surface area contributed by atoms with E-state index in [1.54, 1.807) is 0 Å². The van der Waals surface area contributed by atoms with Crippen molar-refractivity contribution in [2.45, 2.75) is 31.8 Å². The average molecular weight is 323 g/mol. The lowest BCUT2D eigenvalue weighted by molar-refractivity contribution is -0.145. The molecule has 0 atom stereocenters. The maximum atomic E-state index is 12.1. The molecule has 1 heterocycles. The van der Waals surface area contributed by atoms with Crippen molar-refractivity contribution in [3.05, 3.63) is 0 Å². The van der Waals surface area contributed by atoms with Gasteiger partial charge in [0.15, 0.2) is 0 Å². The molecule has 9 heteroatoms. The van der Waals surface area contributed by atoms with E-state index in [0.717, 1.165) is 0 Å². The Balaban J connectivity index is 2.34. The van der Waals surface area contributed by atoms with E-state index in [-0.39, 0.29) is 31.3 Å². The second-order valence-electron chi connectivity index (χ2n) is 4.80. The summed E-state index contributed by atoms with van der Waals surface area (Å²) in [6.45, 7) is 0.256. The SMILES string of the molecule is COC(=O)CCCS(=O)(=O)N1CCC(OCC(=O)O)CC1. The number of rotatable bonds is 8. The van der Waals surface area contributed by atoms with Gasteiger partial charge in [0.25, 0.3) is 0 Å². The van der Waals surface area contributed by atoms with E-state index < -0.39 is 22.0 Å². The van der Waals surface area contributed by atoms with Gasteiger partial charge in [0, 0.05) is 19.5 Å². The van der Waals surface area contributed by atoms with Gasteiger partial charge in [0.2, 0.25) is 10.0 Å². The zero-order valence-corrected chi connectivity index (χ0v) is 12.8. The summed E-state index contributed by atoms with van der Waals surface area (Å²) in [5.74, 6) is -1.55. The summed E-state index contributed by atoms with van der Waals surface area (Å²) in [5, 5.41) is 8.52. The van der Waals surface area contributed by atoms with Gasteiger partial charge < -0.3 is 14.6 Å². The average Bonchev–Trinajstić information content (AvgIpc) is 2.45. The molecular weight excluding hydrogens is 302 g/mol. The molecule has 0 aromatic heterocycles. The standard InChI is InChI=1S/C12H21NO7S/c1-19-12(16)3-2-8-21(17,18)13-6-4-10(5-7-13)20-9-11(14)15/h10H,2-9H2,1H3,(H,14,15). The molecule has 1 saturated heterocycles. The summed E-state index contributed by atoms with van der Waals surface area (Å²) in [6, 6.07) is 0. The van der Waals surface area contributed by atoms with E-state index in [2.05, 4.69) is 4.74 Å². The van der Waals surface area contributed by atoms with E-state index in [0.29, 0.717) is 25.9 Å². The van der Waals surface area contributed by atoms with Crippen LogP contribution in [0.25, 0.3) is 0 Å². The smallest absolute Gasteiger partial charge is 0.329 e. The summed E-state index contributed by atoms with van der Waals surface area (Å²) < 4.78 is 35.1. The van der Waals surface area contributed by atoms with Crippen molar-refractivity contribution in [1.29, 1.82) is 0 Å². The summed E-state index contributed by atoms with van der Waals surface area (Å²) in [6.07, 6.45) is 1.04. The number of sulfonamides is 1. The van der Waals surface area contributed by atoms with Crippen molar-refractivity contribution in [3.8, 4) is 0 Å². The van der Waals surface area contributed by atoms with Crippen molar-refractivity contribution in [2.24, 2.45) is 0 Å². The second-order valence-corrected chi connectivity index (χ2v) is 6.89. The van der Waals surface area contributed by atoms with Gasteiger partial charge in [-0.1, -0.05) is 0 Å². The first-order valence-corrected chi connectivity index (χ1v) is 8.34. The maximum Gasteiger partial charge on any atom is 0.329 e. The van der Waals surface area contributed by atoms with Crippen molar-refractivity contribution in [3.63, 3.8) is 0 Å². The van der Waals surface area contributed by atoms with E-state index in [4.69, 9.17) is 9.84 Å². The quantitative estimate of drug-likeness (QED) is 0.618. The minimum absolute atomic E-state index is 0.0773. The van der Waals surface area contributed by atoms with Gasteiger partial charge in [0.05, 0.1) is 19.0 Å². The Morgan fingerprint density at radius 3 is 2.43 bits per heavy atom. The monoisotopic (exact) mass is 323 g/mol. The molecule has 8 nitrogen and oxygen atoms in total. The largest absolute Gasteiger partial charge is 0.480 e. The molecule has 1 rings (SSSR count). The van der Waals surface area contributed by atoms with E-state index in [1.807, 2.05) is 0 Å². The summed E-state index contributed by atoms with van der Waals surface area (Å²) in [5.41, 5.74) is 0. The predicted octanol–water partition coefficient (Wildman–Crippen LogP) is -0.165. The van der Waals surface area contributed by atoms with Crippen LogP contribution in [-0.2, 0) is 29.1 Å². The first-order valence-electron chi connectivity index (χ1n) is 6.73. The van der Waals surface area contributed by atoms with Crippen molar-refractivity contribution in [2.75, 3.05) is 32.6 Å². The number of carbonyl (C=O) groups is 2. The highest BCUT2D eigenvalue weighted by Gasteiger charge is 2.28. The van der Waals surface area contributed by atoms with Crippen LogP contribution in [0.1, 0.15) is 25.7 Å². The lowest BCUT2D eigenvalue weighted by atomic mass is 10.1. The zero-order chi connectivity index (χ0) is 15.9. The van der Waals surface area contributed by atoms with E-state index in [9.17, 15) is 18.0 Å². The number of carbonyl (C=O) groups excluding carboxylic acids is 1. The van der Waals surface area contributed by atoms with Gasteiger partial charge in [-0.05, 0) is 19.3 Å². The Hall–Kier alpha value is -1.19. The van der Waals surface area contributed by atoms with Crippen LogP contribution >= 0.6 is 0 Å². The highest BCUT2D eigenvalue weighted by Crippen LogP contribution is 2.17. The fourth-order valence-corrected chi connectivity index (χ4v) is 3.63. The third-order valence-electron chi connectivity index (χ3n) is 3.25. The lowest BCUT2D eigenvalue weighted by Gasteiger charge is -2.30. The van der Waals surface area contributed by atoms with Crippen molar-refractivity contribution < 1.29 is 32.6 Å². The topological polar surface area (TPSA) is 110 Å². The first-order chi connectivity index (χ1) is 9.85. The van der Waals surface area contributed by atoms with Gasteiger partial charge in [-0.15, -0.1) is 0 Å². The lowest BCUT2D eigenvalue weighted by Crippen LogP contribution is -2.42. The molecule has 1 aliphatic heterocycles. The molecule has 1 N–H and O–H groups in total. The van der Waals surface area contributed by atoms with Crippen LogP contribution in [0.3, 0.4) is 0 Å². The van der Waals surface area contributed by atoms with Gasteiger partial charge in [0.1, 0.15) is 6.61 Å². The van der Waals surface area contributed by atoms with Crippen LogP contribution in [0.4, 0.5) is 0 Å². The number of aliphatic carboxylic acids is 1. The van der Waals surface area contributed by atoms with E-state index in [1.165, 1.54) is 11.4 Å². The molecule has 21 heavy (non-hydrogen) atoms. The number of piperidine rings is 1. The molecule has 0 aromatic carbocycles. The molecule has 0 saturated carbocycles. The molecule has 0 aliphatic carbocycles. The molecule has 0 unspecified atom stereocenters. The van der Waals surface area contributed by atoms with Gasteiger partial charge in [-0.25, -0.2) is 17.5 Å². The molecule has 1 fully saturated rings. The summed E-state index contributed by atoms with van der Waals surface area (Å²) in [7, 11) is -2.13. The number of nitrogens with zero attached hydrogens (tertiary/aromatic N) is 1. The predicted molar refractivity (Wildman–Crippen MR) is 73.2 cm³/mol. The highest BCUT2D eigenvalue weighted by molar-refractivity contribution is 7.89. The number of methoxy groups -OCH3 is 1. The first kappa shape index (κ1) is 17.9. The fourth-order valence-electron chi connectivity index (χ4n) is 2.10. The Kier molecular flexibility index (Phi) is 7.06.